The normalized spacial score (nSPS) is 14.8. The Morgan fingerprint density at radius 3 is 2.46 bits per heavy atom. The molecule has 2 atom stereocenters. The van der Waals surface area contributed by atoms with Crippen LogP contribution in [0.15, 0.2) is 0 Å². The van der Waals surface area contributed by atoms with Gasteiger partial charge in [-0.05, 0) is 12.8 Å². The molecular formula is C9H15BrN2O. The highest BCUT2D eigenvalue weighted by atomic mass is 79.9. The average Bonchev–Trinajstić information content (AvgIpc) is 2.11. The van der Waals surface area contributed by atoms with Crippen molar-refractivity contribution in [2.75, 3.05) is 6.54 Å². The minimum absolute atomic E-state index is 0.0444. The van der Waals surface area contributed by atoms with Crippen molar-refractivity contribution in [2.24, 2.45) is 11.8 Å². The fourth-order valence-corrected chi connectivity index (χ4v) is 0.861. The number of nitriles is 1. The fourth-order valence-electron chi connectivity index (χ4n) is 0.700. The summed E-state index contributed by atoms with van der Waals surface area (Å²) in [6.45, 7) is 6.13. The van der Waals surface area contributed by atoms with Crippen LogP contribution >= 0.6 is 15.9 Å². The molecule has 3 nitrogen and oxygen atoms in total. The second-order valence-corrected chi connectivity index (χ2v) is 4.41. The van der Waals surface area contributed by atoms with Crippen molar-refractivity contribution in [3.05, 3.63) is 0 Å². The van der Waals surface area contributed by atoms with Crippen molar-refractivity contribution < 1.29 is 4.79 Å². The molecule has 0 aliphatic heterocycles. The van der Waals surface area contributed by atoms with Crippen molar-refractivity contribution in [2.45, 2.75) is 25.6 Å². The highest BCUT2D eigenvalue weighted by Gasteiger charge is 2.18. The van der Waals surface area contributed by atoms with Crippen LogP contribution in [-0.2, 0) is 4.79 Å². The van der Waals surface area contributed by atoms with E-state index in [2.05, 4.69) is 27.3 Å². The summed E-state index contributed by atoms with van der Waals surface area (Å²) in [7, 11) is 0. The van der Waals surface area contributed by atoms with Gasteiger partial charge in [-0.25, -0.2) is 0 Å². The Morgan fingerprint density at radius 1 is 1.54 bits per heavy atom. The lowest BCUT2D eigenvalue weighted by Gasteiger charge is -2.14. The summed E-state index contributed by atoms with van der Waals surface area (Å²) in [5, 5.41) is 11.2. The van der Waals surface area contributed by atoms with Crippen molar-refractivity contribution in [1.29, 1.82) is 5.26 Å². The van der Waals surface area contributed by atoms with Crippen LogP contribution in [0.3, 0.4) is 0 Å². The molecule has 0 aromatic rings. The number of amides is 1. The SMILES string of the molecule is CC(C#N)CNC(=O)C(Br)C(C)C. The predicted octanol–water partition coefficient (Wildman–Crippen LogP) is 1.68. The van der Waals surface area contributed by atoms with Crippen molar-refractivity contribution >= 4 is 21.8 Å². The first-order chi connectivity index (χ1) is 5.99. The fraction of sp³-hybridized carbons (Fsp3) is 0.778. The Hall–Kier alpha value is -0.560. The van der Waals surface area contributed by atoms with Crippen LogP contribution in [0.5, 0.6) is 0 Å². The Balaban J connectivity index is 3.83. The molecule has 0 saturated heterocycles. The average molecular weight is 247 g/mol. The molecule has 0 aliphatic carbocycles. The van der Waals surface area contributed by atoms with Gasteiger partial charge >= 0.3 is 0 Å². The molecular weight excluding hydrogens is 232 g/mol. The van der Waals surface area contributed by atoms with Gasteiger partial charge in [0.2, 0.25) is 5.91 Å². The molecule has 0 aliphatic rings. The second kappa shape index (κ2) is 5.98. The zero-order chi connectivity index (χ0) is 10.4. The van der Waals surface area contributed by atoms with Crippen LogP contribution in [0.2, 0.25) is 0 Å². The van der Waals surface area contributed by atoms with Crippen LogP contribution in [0.4, 0.5) is 0 Å². The van der Waals surface area contributed by atoms with Crippen LogP contribution in [-0.4, -0.2) is 17.3 Å². The Kier molecular flexibility index (Phi) is 5.72. The monoisotopic (exact) mass is 246 g/mol. The van der Waals surface area contributed by atoms with E-state index in [1.807, 2.05) is 13.8 Å². The second-order valence-electron chi connectivity index (χ2n) is 3.42. The van der Waals surface area contributed by atoms with Crippen molar-refractivity contribution in [3.63, 3.8) is 0 Å². The summed E-state index contributed by atoms with van der Waals surface area (Å²) in [4.78, 5) is 11.2. The lowest BCUT2D eigenvalue weighted by atomic mass is 10.1. The molecule has 0 bridgehead atoms. The molecule has 74 valence electrons. The first-order valence-corrected chi connectivity index (χ1v) is 5.22. The minimum atomic E-state index is -0.168. The van der Waals surface area contributed by atoms with Gasteiger partial charge in [-0.3, -0.25) is 4.79 Å². The Morgan fingerprint density at radius 2 is 2.08 bits per heavy atom. The van der Waals surface area contributed by atoms with Crippen LogP contribution in [0.1, 0.15) is 20.8 Å². The lowest BCUT2D eigenvalue weighted by Crippen LogP contribution is -2.36. The van der Waals surface area contributed by atoms with E-state index in [9.17, 15) is 4.79 Å². The Bertz CT molecular complexity index is 210. The summed E-state index contributed by atoms with van der Waals surface area (Å²) < 4.78 is 0. The Labute approximate surface area is 87.6 Å². The molecule has 0 aromatic carbocycles. The maximum Gasteiger partial charge on any atom is 0.234 e. The molecule has 0 heterocycles. The number of alkyl halides is 1. The van der Waals surface area contributed by atoms with E-state index in [1.165, 1.54) is 0 Å². The number of carbonyl (C=O) groups excluding carboxylic acids is 1. The molecule has 0 aromatic heterocycles. The largest absolute Gasteiger partial charge is 0.354 e. The van der Waals surface area contributed by atoms with Gasteiger partial charge in [0, 0.05) is 6.54 Å². The molecule has 1 amide bonds. The van der Waals surface area contributed by atoms with E-state index in [1.54, 1.807) is 6.92 Å². The third kappa shape index (κ3) is 4.89. The molecule has 13 heavy (non-hydrogen) atoms. The third-order valence-corrected chi connectivity index (χ3v) is 3.11. The van der Waals surface area contributed by atoms with Gasteiger partial charge < -0.3 is 5.32 Å². The topological polar surface area (TPSA) is 52.9 Å². The smallest absolute Gasteiger partial charge is 0.234 e. The van der Waals surface area contributed by atoms with E-state index >= 15 is 0 Å². The van der Waals surface area contributed by atoms with Crippen LogP contribution < -0.4 is 5.32 Å². The number of nitrogens with one attached hydrogen (secondary N) is 1. The summed E-state index contributed by atoms with van der Waals surface area (Å²) >= 11 is 3.28. The van der Waals surface area contributed by atoms with Gasteiger partial charge in [0.05, 0.1) is 16.8 Å². The summed E-state index contributed by atoms with van der Waals surface area (Å²) in [6.07, 6.45) is 0. The lowest BCUT2D eigenvalue weighted by molar-refractivity contribution is -0.121. The van der Waals surface area contributed by atoms with Crippen LogP contribution in [0, 0.1) is 23.2 Å². The van der Waals surface area contributed by atoms with E-state index in [4.69, 9.17) is 5.26 Å². The van der Waals surface area contributed by atoms with Crippen LogP contribution in [0.25, 0.3) is 0 Å². The number of nitrogens with zero attached hydrogens (tertiary/aromatic N) is 1. The maximum atomic E-state index is 11.3. The summed E-state index contributed by atoms with van der Waals surface area (Å²) in [5.41, 5.74) is 0. The van der Waals surface area contributed by atoms with E-state index < -0.39 is 0 Å². The molecule has 0 fully saturated rings. The quantitative estimate of drug-likeness (QED) is 0.768. The van der Waals surface area contributed by atoms with Gasteiger partial charge in [0.15, 0.2) is 0 Å². The number of carbonyl (C=O) groups is 1. The first-order valence-electron chi connectivity index (χ1n) is 4.30. The first kappa shape index (κ1) is 12.4. The maximum absolute atomic E-state index is 11.3. The number of hydrogen-bond donors (Lipinski definition) is 1. The zero-order valence-electron chi connectivity index (χ0n) is 8.17. The number of hydrogen-bond acceptors (Lipinski definition) is 2. The predicted molar refractivity (Wildman–Crippen MR) is 55.3 cm³/mol. The minimum Gasteiger partial charge on any atom is -0.354 e. The highest BCUT2D eigenvalue weighted by molar-refractivity contribution is 9.10. The molecule has 1 N–H and O–H groups in total. The van der Waals surface area contributed by atoms with Gasteiger partial charge in [0.1, 0.15) is 0 Å². The van der Waals surface area contributed by atoms with Gasteiger partial charge in [-0.1, -0.05) is 29.8 Å². The summed E-state index contributed by atoms with van der Waals surface area (Å²) in [5.74, 6) is 0.0882. The molecule has 4 heteroatoms. The van der Waals surface area contributed by atoms with E-state index in [-0.39, 0.29) is 22.6 Å². The molecule has 2 unspecified atom stereocenters. The molecule has 0 rings (SSSR count). The standard InChI is InChI=1S/C9H15BrN2O/c1-6(2)8(10)9(13)12-5-7(3)4-11/h6-8H,5H2,1-3H3,(H,12,13). The van der Waals surface area contributed by atoms with Gasteiger partial charge in [-0.15, -0.1) is 0 Å². The number of rotatable bonds is 4. The highest BCUT2D eigenvalue weighted by Crippen LogP contribution is 2.11. The van der Waals surface area contributed by atoms with E-state index in [0.29, 0.717) is 6.54 Å². The third-order valence-electron chi connectivity index (χ3n) is 1.64. The van der Waals surface area contributed by atoms with Gasteiger partial charge in [0.25, 0.3) is 0 Å². The molecule has 0 saturated carbocycles. The van der Waals surface area contributed by atoms with Gasteiger partial charge in [-0.2, -0.15) is 5.26 Å². The zero-order valence-corrected chi connectivity index (χ0v) is 9.76. The summed E-state index contributed by atoms with van der Waals surface area (Å²) in [6, 6.07) is 2.06. The van der Waals surface area contributed by atoms with Crippen molar-refractivity contribution in [1.82, 2.24) is 5.32 Å². The van der Waals surface area contributed by atoms with E-state index in [0.717, 1.165) is 0 Å². The molecule has 0 radical (unpaired) electrons. The number of halogens is 1. The molecule has 0 spiro atoms. The van der Waals surface area contributed by atoms with Crippen molar-refractivity contribution in [3.8, 4) is 6.07 Å².